The number of nitrogens with one attached hydrogen (secondary N) is 1. The number of hydrogen-bond donors (Lipinski definition) is 3. The second-order valence-corrected chi connectivity index (χ2v) is 6.74. The molecule has 0 aliphatic rings. The third kappa shape index (κ3) is 4.47. The molecule has 0 spiro atoms. The zero-order chi connectivity index (χ0) is 17.0. The number of carbonyl (C=O) groups excluding carboxylic acids is 1. The van der Waals surface area contributed by atoms with Gasteiger partial charge in [0.2, 0.25) is 0 Å². The molecule has 0 bridgehead atoms. The molecule has 0 aliphatic carbocycles. The molecule has 120 valence electrons. The topological polar surface area (TPSA) is 91.2 Å². The van der Waals surface area contributed by atoms with E-state index in [1.165, 1.54) is 19.4 Å². The summed E-state index contributed by atoms with van der Waals surface area (Å²) in [5.41, 5.74) is 3.16. The van der Waals surface area contributed by atoms with Crippen LogP contribution in [-0.2, 0) is 0 Å². The fourth-order valence-corrected chi connectivity index (χ4v) is 2.74. The van der Waals surface area contributed by atoms with Crippen LogP contribution < -0.4 is 10.2 Å². The largest absolute Gasteiger partial charge is 0.507 e. The molecule has 1 amide bonds. The Hall–Kier alpha value is -1.56. The lowest BCUT2D eigenvalue weighted by molar-refractivity contribution is 0.0954. The van der Waals surface area contributed by atoms with Gasteiger partial charge in [-0.3, -0.25) is 4.79 Å². The molecule has 0 saturated carbocycles. The Morgan fingerprint density at radius 3 is 2.61 bits per heavy atom. The van der Waals surface area contributed by atoms with Crippen molar-refractivity contribution in [3.8, 4) is 17.2 Å². The average Bonchev–Trinajstić information content (AvgIpc) is 2.52. The van der Waals surface area contributed by atoms with Crippen LogP contribution in [0.5, 0.6) is 17.2 Å². The van der Waals surface area contributed by atoms with Crippen molar-refractivity contribution in [2.24, 2.45) is 5.10 Å². The molecule has 2 rings (SSSR count). The van der Waals surface area contributed by atoms with Gasteiger partial charge in [-0.2, -0.15) is 5.10 Å². The summed E-state index contributed by atoms with van der Waals surface area (Å²) in [6.07, 6.45) is 1.30. The molecule has 0 atom stereocenters. The van der Waals surface area contributed by atoms with Crippen molar-refractivity contribution in [3.63, 3.8) is 0 Å². The fraction of sp³-hybridized carbons (Fsp3) is 0.0667. The first-order valence-electron chi connectivity index (χ1n) is 6.30. The number of amides is 1. The zero-order valence-corrected chi connectivity index (χ0v) is 16.2. The normalized spacial score (nSPS) is 10.7. The van der Waals surface area contributed by atoms with E-state index in [2.05, 4.69) is 33.1 Å². The van der Waals surface area contributed by atoms with Gasteiger partial charge in [0.25, 0.3) is 5.91 Å². The predicted octanol–water partition coefficient (Wildman–Crippen LogP) is 3.08. The number of nitrogens with zero attached hydrogens (tertiary/aromatic N) is 1. The summed E-state index contributed by atoms with van der Waals surface area (Å²) in [7, 11) is 1.53. The summed E-state index contributed by atoms with van der Waals surface area (Å²) in [5.74, 6) is 0.0593. The molecule has 0 aromatic heterocycles. The van der Waals surface area contributed by atoms with Crippen LogP contribution in [0, 0.1) is 7.14 Å². The predicted molar refractivity (Wildman–Crippen MR) is 103 cm³/mol. The van der Waals surface area contributed by atoms with Gasteiger partial charge in [-0.15, -0.1) is 0 Å². The summed E-state index contributed by atoms with van der Waals surface area (Å²) in [6.45, 7) is 0. The first kappa shape index (κ1) is 17.8. The van der Waals surface area contributed by atoms with Gasteiger partial charge in [-0.05, 0) is 69.4 Å². The molecular formula is C15H12I2N2O4. The molecule has 8 heteroatoms. The van der Waals surface area contributed by atoms with Crippen molar-refractivity contribution >= 4 is 57.3 Å². The monoisotopic (exact) mass is 538 g/mol. The van der Waals surface area contributed by atoms with Crippen LogP contribution in [0.3, 0.4) is 0 Å². The Morgan fingerprint density at radius 2 is 1.91 bits per heavy atom. The van der Waals surface area contributed by atoms with Crippen LogP contribution in [0.25, 0.3) is 0 Å². The summed E-state index contributed by atoms with van der Waals surface area (Å²) in [5, 5.41) is 23.0. The van der Waals surface area contributed by atoms with E-state index in [-0.39, 0.29) is 11.5 Å². The van der Waals surface area contributed by atoms with Crippen molar-refractivity contribution in [1.82, 2.24) is 5.43 Å². The SMILES string of the molecule is COc1cc(C(=O)N/N=C\c2cc(I)c(O)cc2O)ccc1I. The standard InChI is InChI=1S/C15H12I2N2O4/c1-23-14-5-8(2-3-10(14)16)15(22)19-18-7-9-4-11(17)13(21)6-12(9)20/h2-7,20-21H,1H3,(H,19,22)/b18-7-. The highest BCUT2D eigenvalue weighted by molar-refractivity contribution is 14.1. The van der Waals surface area contributed by atoms with E-state index in [9.17, 15) is 15.0 Å². The minimum absolute atomic E-state index is 0.0183. The average molecular weight is 538 g/mol. The smallest absolute Gasteiger partial charge is 0.271 e. The summed E-state index contributed by atoms with van der Waals surface area (Å²) in [6, 6.07) is 7.82. The van der Waals surface area contributed by atoms with E-state index in [1.807, 2.05) is 22.6 Å². The molecule has 6 nitrogen and oxygen atoms in total. The van der Waals surface area contributed by atoms with Crippen LogP contribution in [0.1, 0.15) is 15.9 Å². The maximum Gasteiger partial charge on any atom is 0.271 e. The quantitative estimate of drug-likeness (QED) is 0.317. The van der Waals surface area contributed by atoms with Crippen molar-refractivity contribution in [1.29, 1.82) is 0 Å². The van der Waals surface area contributed by atoms with Crippen LogP contribution in [0.15, 0.2) is 35.4 Å². The molecule has 0 saturated heterocycles. The van der Waals surface area contributed by atoms with Crippen molar-refractivity contribution < 1.29 is 19.7 Å². The third-order valence-corrected chi connectivity index (χ3v) is 4.63. The third-order valence-electron chi connectivity index (χ3n) is 2.88. The van der Waals surface area contributed by atoms with Gasteiger partial charge in [0.05, 0.1) is 20.5 Å². The van der Waals surface area contributed by atoms with Crippen LogP contribution in [0.4, 0.5) is 0 Å². The van der Waals surface area contributed by atoms with Crippen LogP contribution >= 0.6 is 45.2 Å². The Bertz CT molecular complexity index is 778. The van der Waals surface area contributed by atoms with E-state index in [0.717, 1.165) is 3.57 Å². The molecule has 0 aliphatic heterocycles. The number of benzene rings is 2. The minimum Gasteiger partial charge on any atom is -0.507 e. The molecule has 0 heterocycles. The highest BCUT2D eigenvalue weighted by atomic mass is 127. The van der Waals surface area contributed by atoms with E-state index in [0.29, 0.717) is 20.4 Å². The number of ether oxygens (including phenoxy) is 1. The first-order chi connectivity index (χ1) is 10.9. The lowest BCUT2D eigenvalue weighted by atomic mass is 10.2. The Balaban J connectivity index is 2.11. The van der Waals surface area contributed by atoms with Gasteiger partial charge in [-0.25, -0.2) is 5.43 Å². The van der Waals surface area contributed by atoms with Gasteiger partial charge in [0.1, 0.15) is 17.2 Å². The molecular weight excluding hydrogens is 526 g/mol. The van der Waals surface area contributed by atoms with E-state index in [1.54, 1.807) is 24.3 Å². The number of rotatable bonds is 4. The number of aromatic hydroxyl groups is 2. The van der Waals surface area contributed by atoms with Gasteiger partial charge < -0.3 is 14.9 Å². The highest BCUT2D eigenvalue weighted by Gasteiger charge is 2.09. The van der Waals surface area contributed by atoms with Crippen molar-refractivity contribution in [2.45, 2.75) is 0 Å². The van der Waals surface area contributed by atoms with Gasteiger partial charge in [-0.1, -0.05) is 0 Å². The summed E-state index contributed by atoms with van der Waals surface area (Å²) < 4.78 is 6.63. The Morgan fingerprint density at radius 1 is 1.17 bits per heavy atom. The maximum atomic E-state index is 12.0. The first-order valence-corrected chi connectivity index (χ1v) is 8.46. The van der Waals surface area contributed by atoms with E-state index >= 15 is 0 Å². The van der Waals surface area contributed by atoms with Crippen molar-refractivity contribution in [2.75, 3.05) is 7.11 Å². The second kappa shape index (κ2) is 7.81. The summed E-state index contributed by atoms with van der Waals surface area (Å²) in [4.78, 5) is 12.0. The molecule has 0 fully saturated rings. The molecule has 0 unspecified atom stereocenters. The molecule has 2 aromatic carbocycles. The second-order valence-electron chi connectivity index (χ2n) is 4.41. The van der Waals surface area contributed by atoms with Gasteiger partial charge in [0.15, 0.2) is 0 Å². The number of methoxy groups -OCH3 is 1. The van der Waals surface area contributed by atoms with Gasteiger partial charge >= 0.3 is 0 Å². The van der Waals surface area contributed by atoms with E-state index < -0.39 is 5.91 Å². The molecule has 2 aromatic rings. The highest BCUT2D eigenvalue weighted by Crippen LogP contribution is 2.27. The fourth-order valence-electron chi connectivity index (χ4n) is 1.70. The lowest BCUT2D eigenvalue weighted by Gasteiger charge is -2.06. The summed E-state index contributed by atoms with van der Waals surface area (Å²) >= 11 is 4.04. The Labute approximate surface area is 159 Å². The number of phenolic OH excluding ortho intramolecular Hbond substituents is 2. The Kier molecular flexibility index (Phi) is 6.04. The van der Waals surface area contributed by atoms with Crippen LogP contribution in [0.2, 0.25) is 0 Å². The molecule has 0 radical (unpaired) electrons. The lowest BCUT2D eigenvalue weighted by Crippen LogP contribution is -2.17. The number of carbonyl (C=O) groups is 1. The van der Waals surface area contributed by atoms with Crippen LogP contribution in [-0.4, -0.2) is 29.4 Å². The number of phenols is 2. The maximum absolute atomic E-state index is 12.0. The molecule has 3 N–H and O–H groups in total. The number of hydrazone groups is 1. The minimum atomic E-state index is -0.399. The van der Waals surface area contributed by atoms with Gasteiger partial charge in [0, 0.05) is 17.2 Å². The van der Waals surface area contributed by atoms with Crippen molar-refractivity contribution in [3.05, 3.63) is 48.6 Å². The van der Waals surface area contributed by atoms with E-state index in [4.69, 9.17) is 4.74 Å². The molecule has 23 heavy (non-hydrogen) atoms. The zero-order valence-electron chi connectivity index (χ0n) is 11.9. The number of halogens is 2. The number of hydrogen-bond acceptors (Lipinski definition) is 5.